The van der Waals surface area contributed by atoms with Gasteiger partial charge >= 0.3 is 12.0 Å². The first-order valence-corrected chi connectivity index (χ1v) is 7.18. The number of likely N-dealkylation sites (tertiary alicyclic amines) is 1. The van der Waals surface area contributed by atoms with Gasteiger partial charge in [0.1, 0.15) is 6.04 Å². The molecule has 0 spiro atoms. The fourth-order valence-electron chi connectivity index (χ4n) is 2.59. The Morgan fingerprint density at radius 2 is 1.81 bits per heavy atom. The summed E-state index contributed by atoms with van der Waals surface area (Å²) in [5, 5.41) is 11.3. The Labute approximate surface area is 124 Å². The SMILES string of the molecule is CC(C)(C)C1CCN(C(=O)N[C@H](CC(N)=O)C(=O)O)CC1. The predicted octanol–water partition coefficient (Wildman–Crippen LogP) is 0.783. The molecule has 120 valence electrons. The zero-order chi connectivity index (χ0) is 16.2. The molecule has 1 atom stereocenters. The van der Waals surface area contributed by atoms with Crippen LogP contribution in [-0.4, -0.2) is 47.0 Å². The molecule has 7 nitrogen and oxygen atoms in total. The van der Waals surface area contributed by atoms with E-state index >= 15 is 0 Å². The first-order valence-electron chi connectivity index (χ1n) is 7.18. The molecule has 3 amide bonds. The Morgan fingerprint density at radius 3 is 2.19 bits per heavy atom. The molecule has 0 aliphatic carbocycles. The third-order valence-corrected chi connectivity index (χ3v) is 4.01. The largest absolute Gasteiger partial charge is 0.480 e. The number of nitrogens with zero attached hydrogens (tertiary/aromatic N) is 1. The standard InChI is InChI=1S/C14H25N3O4/c1-14(2,3)9-4-6-17(7-5-9)13(21)16-10(12(19)20)8-11(15)18/h9-10H,4-8H2,1-3H3,(H2,15,18)(H,16,21)(H,19,20)/t10-/m1/s1. The van der Waals surface area contributed by atoms with E-state index in [2.05, 4.69) is 26.1 Å². The molecule has 4 N–H and O–H groups in total. The number of carbonyl (C=O) groups is 3. The summed E-state index contributed by atoms with van der Waals surface area (Å²) in [5.41, 5.74) is 5.19. The van der Waals surface area contributed by atoms with Crippen LogP contribution in [0.25, 0.3) is 0 Å². The second-order valence-electron chi connectivity index (χ2n) is 6.64. The van der Waals surface area contributed by atoms with Crippen molar-refractivity contribution in [2.45, 2.75) is 46.1 Å². The van der Waals surface area contributed by atoms with E-state index in [1.807, 2.05) is 0 Å². The summed E-state index contributed by atoms with van der Waals surface area (Å²) >= 11 is 0. The van der Waals surface area contributed by atoms with Crippen molar-refractivity contribution in [1.82, 2.24) is 10.2 Å². The highest BCUT2D eigenvalue weighted by molar-refractivity contribution is 5.87. The Balaban J connectivity index is 2.53. The molecule has 1 rings (SSSR count). The molecule has 1 fully saturated rings. The van der Waals surface area contributed by atoms with Gasteiger partial charge in [-0.25, -0.2) is 9.59 Å². The molecule has 0 aromatic carbocycles. The molecule has 0 aromatic rings. The van der Waals surface area contributed by atoms with Gasteiger partial charge in [0.05, 0.1) is 6.42 Å². The van der Waals surface area contributed by atoms with Crippen LogP contribution in [0.2, 0.25) is 0 Å². The lowest BCUT2D eigenvalue weighted by Gasteiger charge is -2.39. The summed E-state index contributed by atoms with van der Waals surface area (Å²) in [5.74, 6) is -1.47. The number of nitrogens with one attached hydrogen (secondary N) is 1. The van der Waals surface area contributed by atoms with Gasteiger partial charge in [0.25, 0.3) is 0 Å². The van der Waals surface area contributed by atoms with Gasteiger partial charge in [-0.1, -0.05) is 20.8 Å². The maximum atomic E-state index is 12.1. The number of primary amides is 1. The number of hydrogen-bond acceptors (Lipinski definition) is 3. The van der Waals surface area contributed by atoms with Crippen LogP contribution in [0, 0.1) is 11.3 Å². The number of carboxylic acid groups (broad SMARTS) is 1. The minimum absolute atomic E-state index is 0.206. The van der Waals surface area contributed by atoms with Gasteiger partial charge in [-0.3, -0.25) is 4.79 Å². The molecular weight excluding hydrogens is 274 g/mol. The predicted molar refractivity (Wildman–Crippen MR) is 77.5 cm³/mol. The molecule has 1 aliphatic rings. The van der Waals surface area contributed by atoms with Crippen LogP contribution in [0.15, 0.2) is 0 Å². The van der Waals surface area contributed by atoms with Crippen molar-refractivity contribution in [2.24, 2.45) is 17.1 Å². The highest BCUT2D eigenvalue weighted by Crippen LogP contribution is 2.34. The second-order valence-corrected chi connectivity index (χ2v) is 6.64. The zero-order valence-electron chi connectivity index (χ0n) is 12.9. The molecule has 0 bridgehead atoms. The normalized spacial score (nSPS) is 18.1. The highest BCUT2D eigenvalue weighted by Gasteiger charge is 2.31. The Morgan fingerprint density at radius 1 is 1.29 bits per heavy atom. The minimum atomic E-state index is -1.27. The molecule has 1 heterocycles. The van der Waals surface area contributed by atoms with Crippen molar-refractivity contribution in [2.75, 3.05) is 13.1 Å². The van der Waals surface area contributed by atoms with Crippen molar-refractivity contribution in [1.29, 1.82) is 0 Å². The van der Waals surface area contributed by atoms with E-state index < -0.39 is 30.4 Å². The summed E-state index contributed by atoms with van der Waals surface area (Å²) in [6, 6.07) is -1.72. The number of amides is 3. The van der Waals surface area contributed by atoms with E-state index in [9.17, 15) is 14.4 Å². The molecular formula is C14H25N3O4. The molecule has 1 aliphatic heterocycles. The number of aliphatic carboxylic acids is 1. The topological polar surface area (TPSA) is 113 Å². The van der Waals surface area contributed by atoms with Crippen LogP contribution < -0.4 is 11.1 Å². The number of hydrogen-bond donors (Lipinski definition) is 3. The maximum absolute atomic E-state index is 12.1. The van der Waals surface area contributed by atoms with Crippen molar-refractivity contribution in [3.8, 4) is 0 Å². The van der Waals surface area contributed by atoms with Gasteiger partial charge in [0, 0.05) is 13.1 Å². The number of urea groups is 1. The van der Waals surface area contributed by atoms with E-state index in [0.29, 0.717) is 19.0 Å². The first kappa shape index (κ1) is 17.3. The quantitative estimate of drug-likeness (QED) is 0.712. The highest BCUT2D eigenvalue weighted by atomic mass is 16.4. The summed E-state index contributed by atoms with van der Waals surface area (Å²) < 4.78 is 0. The van der Waals surface area contributed by atoms with Crippen LogP contribution in [0.1, 0.15) is 40.0 Å². The van der Waals surface area contributed by atoms with E-state index in [0.717, 1.165) is 12.8 Å². The second kappa shape index (κ2) is 6.78. The van der Waals surface area contributed by atoms with Gasteiger partial charge in [0.2, 0.25) is 5.91 Å². The fourth-order valence-corrected chi connectivity index (χ4v) is 2.59. The van der Waals surface area contributed by atoms with E-state index in [4.69, 9.17) is 10.8 Å². The van der Waals surface area contributed by atoms with Crippen LogP contribution in [0.3, 0.4) is 0 Å². The van der Waals surface area contributed by atoms with Crippen molar-refractivity contribution < 1.29 is 19.5 Å². The summed E-state index contributed by atoms with van der Waals surface area (Å²) in [4.78, 5) is 35.5. The molecule has 0 unspecified atom stereocenters. The molecule has 7 heteroatoms. The Bertz CT molecular complexity index is 409. The van der Waals surface area contributed by atoms with Crippen LogP contribution in [0.5, 0.6) is 0 Å². The van der Waals surface area contributed by atoms with Crippen molar-refractivity contribution in [3.63, 3.8) is 0 Å². The lowest BCUT2D eigenvalue weighted by atomic mass is 9.75. The summed E-state index contributed by atoms with van der Waals surface area (Å²) in [6.45, 7) is 7.73. The molecule has 0 saturated carbocycles. The number of piperidine rings is 1. The number of carboxylic acids is 1. The number of carbonyl (C=O) groups excluding carboxylic acids is 2. The third kappa shape index (κ3) is 5.24. The van der Waals surface area contributed by atoms with Gasteiger partial charge in [-0.2, -0.15) is 0 Å². The average molecular weight is 299 g/mol. The lowest BCUT2D eigenvalue weighted by Crippen LogP contribution is -2.51. The Kier molecular flexibility index (Phi) is 5.57. The molecule has 0 radical (unpaired) electrons. The van der Waals surface area contributed by atoms with Crippen molar-refractivity contribution in [3.05, 3.63) is 0 Å². The monoisotopic (exact) mass is 299 g/mol. The van der Waals surface area contributed by atoms with E-state index in [-0.39, 0.29) is 5.41 Å². The van der Waals surface area contributed by atoms with Gasteiger partial charge in [0.15, 0.2) is 0 Å². The fraction of sp³-hybridized carbons (Fsp3) is 0.786. The summed E-state index contributed by atoms with van der Waals surface area (Å²) in [6.07, 6.45) is 1.38. The molecule has 1 saturated heterocycles. The van der Waals surface area contributed by atoms with E-state index in [1.165, 1.54) is 0 Å². The van der Waals surface area contributed by atoms with E-state index in [1.54, 1.807) is 4.90 Å². The smallest absolute Gasteiger partial charge is 0.326 e. The van der Waals surface area contributed by atoms with Gasteiger partial charge < -0.3 is 21.1 Å². The third-order valence-electron chi connectivity index (χ3n) is 4.01. The van der Waals surface area contributed by atoms with Gasteiger partial charge in [-0.05, 0) is 24.2 Å². The zero-order valence-corrected chi connectivity index (χ0v) is 12.9. The summed E-state index contributed by atoms with van der Waals surface area (Å²) in [7, 11) is 0. The average Bonchev–Trinajstić information content (AvgIpc) is 2.36. The lowest BCUT2D eigenvalue weighted by molar-refractivity contribution is -0.141. The van der Waals surface area contributed by atoms with Crippen LogP contribution in [-0.2, 0) is 9.59 Å². The number of nitrogens with two attached hydrogens (primary N) is 1. The van der Waals surface area contributed by atoms with Gasteiger partial charge in [-0.15, -0.1) is 0 Å². The number of rotatable bonds is 4. The Hall–Kier alpha value is -1.79. The first-order chi connectivity index (χ1) is 9.61. The molecule has 0 aromatic heterocycles. The van der Waals surface area contributed by atoms with Crippen molar-refractivity contribution >= 4 is 17.9 Å². The molecule has 21 heavy (non-hydrogen) atoms. The minimum Gasteiger partial charge on any atom is -0.480 e. The van der Waals surface area contributed by atoms with Crippen LogP contribution in [0.4, 0.5) is 4.79 Å². The maximum Gasteiger partial charge on any atom is 0.326 e. The van der Waals surface area contributed by atoms with Crippen LogP contribution >= 0.6 is 0 Å².